The van der Waals surface area contributed by atoms with E-state index in [0.717, 1.165) is 33.6 Å². The zero-order chi connectivity index (χ0) is 13.4. The fourth-order valence-electron chi connectivity index (χ4n) is 2.39. The summed E-state index contributed by atoms with van der Waals surface area (Å²) in [4.78, 5) is 14.3. The molecule has 98 valence electrons. The van der Waals surface area contributed by atoms with E-state index in [-0.39, 0.29) is 5.91 Å². The normalized spacial score (nSPS) is 14.3. The van der Waals surface area contributed by atoms with Crippen LogP contribution in [0.4, 0.5) is 5.69 Å². The highest BCUT2D eigenvalue weighted by molar-refractivity contribution is 9.11. The molecule has 5 heteroatoms. The maximum atomic E-state index is 12.4. The van der Waals surface area contributed by atoms with E-state index in [9.17, 15) is 4.79 Å². The summed E-state index contributed by atoms with van der Waals surface area (Å²) < 4.78 is 0.979. The van der Waals surface area contributed by atoms with Gasteiger partial charge in [-0.2, -0.15) is 0 Å². The Labute approximate surface area is 124 Å². The van der Waals surface area contributed by atoms with Crippen LogP contribution in [0.15, 0.2) is 33.4 Å². The van der Waals surface area contributed by atoms with Crippen molar-refractivity contribution < 1.29 is 4.79 Å². The van der Waals surface area contributed by atoms with Crippen LogP contribution in [-0.2, 0) is 13.0 Å². The van der Waals surface area contributed by atoms with Crippen LogP contribution in [0.25, 0.3) is 0 Å². The summed E-state index contributed by atoms with van der Waals surface area (Å²) in [6, 6.07) is 7.83. The number of hydrogen-bond donors (Lipinski definition) is 1. The van der Waals surface area contributed by atoms with Crippen molar-refractivity contribution in [2.75, 3.05) is 12.3 Å². The number of anilines is 1. The molecule has 3 nitrogen and oxygen atoms in total. The minimum Gasteiger partial charge on any atom is -0.398 e. The Hall–Kier alpha value is -1.33. The number of nitrogen functional groups attached to an aromatic ring is 1. The van der Waals surface area contributed by atoms with Gasteiger partial charge in [-0.05, 0) is 45.6 Å². The van der Waals surface area contributed by atoms with Crippen molar-refractivity contribution in [1.82, 2.24) is 4.90 Å². The van der Waals surface area contributed by atoms with E-state index in [0.29, 0.717) is 6.54 Å². The Morgan fingerprint density at radius 2 is 2.26 bits per heavy atom. The van der Waals surface area contributed by atoms with Gasteiger partial charge in [-0.15, -0.1) is 11.3 Å². The number of benzene rings is 1. The molecule has 1 amide bonds. The summed E-state index contributed by atoms with van der Waals surface area (Å²) in [5.74, 6) is 0.0795. The van der Waals surface area contributed by atoms with Crippen LogP contribution in [0.2, 0.25) is 0 Å². The number of halogens is 1. The molecule has 0 atom stereocenters. The lowest BCUT2D eigenvalue weighted by molar-refractivity contribution is 0.0736. The van der Waals surface area contributed by atoms with Crippen molar-refractivity contribution in [1.29, 1.82) is 0 Å². The number of thiophene rings is 1. The summed E-state index contributed by atoms with van der Waals surface area (Å²) in [5, 5.41) is 1.89. The van der Waals surface area contributed by atoms with E-state index in [1.165, 1.54) is 16.9 Å². The van der Waals surface area contributed by atoms with Gasteiger partial charge in [-0.1, -0.05) is 12.1 Å². The third-order valence-corrected chi connectivity index (χ3v) is 4.92. The van der Waals surface area contributed by atoms with Gasteiger partial charge in [0.2, 0.25) is 0 Å². The lowest BCUT2D eigenvalue weighted by atomic mass is 9.98. The Balaban J connectivity index is 1.86. The maximum Gasteiger partial charge on any atom is 0.255 e. The standard InChI is InChI=1S/C14H13BrN2OS/c15-13-6-10(8-19-13)14(18)17-5-4-9-2-1-3-12(16)11(9)7-17/h1-3,6,8H,4-5,7,16H2. The number of nitrogens with zero attached hydrogens (tertiary/aromatic N) is 1. The van der Waals surface area contributed by atoms with E-state index in [1.54, 1.807) is 0 Å². The Bertz CT molecular complexity index is 638. The maximum absolute atomic E-state index is 12.4. The van der Waals surface area contributed by atoms with Crippen molar-refractivity contribution in [2.45, 2.75) is 13.0 Å². The molecule has 0 saturated heterocycles. The second-order valence-corrected chi connectivity index (χ2v) is 6.89. The van der Waals surface area contributed by atoms with Crippen LogP contribution in [0.1, 0.15) is 21.5 Å². The SMILES string of the molecule is Nc1cccc2c1CN(C(=O)c1csc(Br)c1)CC2. The predicted molar refractivity (Wildman–Crippen MR) is 81.3 cm³/mol. The average molecular weight is 337 g/mol. The van der Waals surface area contributed by atoms with Crippen molar-refractivity contribution >= 4 is 38.9 Å². The topological polar surface area (TPSA) is 46.3 Å². The molecule has 0 radical (unpaired) electrons. The molecule has 1 aliphatic heterocycles. The third-order valence-electron chi connectivity index (χ3n) is 3.41. The number of nitrogens with two attached hydrogens (primary N) is 1. The molecule has 2 heterocycles. The molecule has 0 fully saturated rings. The van der Waals surface area contributed by atoms with Gasteiger partial charge in [-0.25, -0.2) is 0 Å². The van der Waals surface area contributed by atoms with Gasteiger partial charge in [0.25, 0.3) is 5.91 Å². The van der Waals surface area contributed by atoms with E-state index in [1.807, 2.05) is 28.5 Å². The largest absolute Gasteiger partial charge is 0.398 e. The van der Waals surface area contributed by atoms with Gasteiger partial charge >= 0.3 is 0 Å². The van der Waals surface area contributed by atoms with E-state index >= 15 is 0 Å². The first-order valence-electron chi connectivity index (χ1n) is 6.04. The van der Waals surface area contributed by atoms with Crippen LogP contribution < -0.4 is 5.73 Å². The highest BCUT2D eigenvalue weighted by Gasteiger charge is 2.23. The molecule has 3 rings (SSSR count). The van der Waals surface area contributed by atoms with E-state index < -0.39 is 0 Å². The average Bonchev–Trinajstić information content (AvgIpc) is 2.85. The molecule has 0 unspecified atom stereocenters. The number of rotatable bonds is 1. The van der Waals surface area contributed by atoms with Crippen molar-refractivity contribution in [2.24, 2.45) is 0 Å². The summed E-state index contributed by atoms with van der Waals surface area (Å²) >= 11 is 4.92. The Morgan fingerprint density at radius 3 is 3.00 bits per heavy atom. The first-order chi connectivity index (χ1) is 9.15. The van der Waals surface area contributed by atoms with E-state index in [4.69, 9.17) is 5.73 Å². The van der Waals surface area contributed by atoms with Crippen molar-refractivity contribution in [3.8, 4) is 0 Å². The number of hydrogen-bond acceptors (Lipinski definition) is 3. The summed E-state index contributed by atoms with van der Waals surface area (Å²) in [7, 11) is 0. The molecular weight excluding hydrogens is 324 g/mol. The molecule has 19 heavy (non-hydrogen) atoms. The first-order valence-corrected chi connectivity index (χ1v) is 7.72. The fourth-order valence-corrected chi connectivity index (χ4v) is 3.52. The van der Waals surface area contributed by atoms with Gasteiger partial charge < -0.3 is 10.6 Å². The molecular formula is C14H13BrN2OS. The van der Waals surface area contributed by atoms with E-state index in [2.05, 4.69) is 22.0 Å². The highest BCUT2D eigenvalue weighted by atomic mass is 79.9. The van der Waals surface area contributed by atoms with Gasteiger partial charge in [-0.3, -0.25) is 4.79 Å². The van der Waals surface area contributed by atoms with Crippen LogP contribution in [-0.4, -0.2) is 17.4 Å². The predicted octanol–water partition coefficient (Wildman–Crippen LogP) is 3.29. The Morgan fingerprint density at radius 1 is 1.42 bits per heavy atom. The zero-order valence-corrected chi connectivity index (χ0v) is 12.6. The Kier molecular flexibility index (Phi) is 3.33. The van der Waals surface area contributed by atoms with Crippen molar-refractivity contribution in [3.63, 3.8) is 0 Å². The third kappa shape index (κ3) is 2.40. The molecule has 0 spiro atoms. The summed E-state index contributed by atoms with van der Waals surface area (Å²) in [5.41, 5.74) is 9.88. The minimum atomic E-state index is 0.0795. The second kappa shape index (κ2) is 4.98. The fraction of sp³-hybridized carbons (Fsp3) is 0.214. The van der Waals surface area contributed by atoms with Gasteiger partial charge in [0.1, 0.15) is 0 Å². The summed E-state index contributed by atoms with van der Waals surface area (Å²) in [6.07, 6.45) is 0.872. The minimum absolute atomic E-state index is 0.0795. The molecule has 0 bridgehead atoms. The van der Waals surface area contributed by atoms with Gasteiger partial charge in [0, 0.05) is 24.2 Å². The quantitative estimate of drug-likeness (QED) is 0.812. The lowest BCUT2D eigenvalue weighted by Crippen LogP contribution is -2.36. The van der Waals surface area contributed by atoms with Gasteiger partial charge in [0.15, 0.2) is 0 Å². The number of carbonyl (C=O) groups is 1. The number of carbonyl (C=O) groups excluding carboxylic acids is 1. The monoisotopic (exact) mass is 336 g/mol. The molecule has 1 aromatic heterocycles. The molecule has 1 aromatic carbocycles. The van der Waals surface area contributed by atoms with Crippen LogP contribution in [0.3, 0.4) is 0 Å². The highest BCUT2D eigenvalue weighted by Crippen LogP contribution is 2.27. The lowest BCUT2D eigenvalue weighted by Gasteiger charge is -2.29. The zero-order valence-electron chi connectivity index (χ0n) is 10.2. The molecule has 0 aliphatic carbocycles. The molecule has 0 saturated carbocycles. The number of amides is 1. The van der Waals surface area contributed by atoms with Crippen molar-refractivity contribution in [3.05, 3.63) is 50.1 Å². The number of fused-ring (bicyclic) bond motifs is 1. The smallest absolute Gasteiger partial charge is 0.255 e. The first kappa shape index (κ1) is 12.7. The summed E-state index contributed by atoms with van der Waals surface area (Å²) in [6.45, 7) is 1.36. The second-order valence-electron chi connectivity index (χ2n) is 4.60. The van der Waals surface area contributed by atoms with Crippen LogP contribution >= 0.6 is 27.3 Å². The molecule has 1 aliphatic rings. The van der Waals surface area contributed by atoms with Gasteiger partial charge in [0.05, 0.1) is 9.35 Å². The molecule has 2 N–H and O–H groups in total. The molecule has 2 aromatic rings. The van der Waals surface area contributed by atoms with Crippen LogP contribution in [0.5, 0.6) is 0 Å². The van der Waals surface area contributed by atoms with Crippen LogP contribution in [0, 0.1) is 0 Å².